The predicted molar refractivity (Wildman–Crippen MR) is 103 cm³/mol. The Morgan fingerprint density at radius 3 is 2.38 bits per heavy atom. The summed E-state index contributed by atoms with van der Waals surface area (Å²) in [4.78, 5) is 14.9. The summed E-state index contributed by atoms with van der Waals surface area (Å²) >= 11 is 0. The quantitative estimate of drug-likeness (QED) is 0.805. The number of rotatable bonds is 5. The number of anilines is 1. The molecule has 0 saturated carbocycles. The second-order valence-corrected chi connectivity index (χ2v) is 6.57. The minimum atomic E-state index is -0.0308. The molecule has 0 unspecified atom stereocenters. The molecule has 1 aromatic carbocycles. The van der Waals surface area contributed by atoms with Crippen LogP contribution >= 0.6 is 0 Å². The molecule has 0 atom stereocenters. The third kappa shape index (κ3) is 6.52. The smallest absolute Gasteiger partial charge is 0.253 e. The number of likely N-dealkylation sites (tertiary alicyclic amines) is 1. The molecule has 0 bridgehead atoms. The van der Waals surface area contributed by atoms with Crippen molar-refractivity contribution >= 4 is 11.6 Å². The van der Waals surface area contributed by atoms with Crippen molar-refractivity contribution in [1.82, 2.24) is 10.2 Å². The molecule has 1 aromatic rings. The van der Waals surface area contributed by atoms with Gasteiger partial charge in [-0.05, 0) is 49.9 Å². The van der Waals surface area contributed by atoms with Crippen LogP contribution in [0.25, 0.3) is 0 Å². The minimum Gasteiger partial charge on any atom is -0.398 e. The zero-order chi connectivity index (χ0) is 17.9. The Balaban J connectivity index is 0.000000891. The molecule has 1 fully saturated rings. The van der Waals surface area contributed by atoms with Crippen molar-refractivity contribution in [3.63, 3.8) is 0 Å². The summed E-state index contributed by atoms with van der Waals surface area (Å²) in [7, 11) is 0. The average molecular weight is 334 g/mol. The fourth-order valence-electron chi connectivity index (χ4n) is 2.90. The SMILES string of the molecule is CCC.CCCN1CCC(NC(=O)c2cc(CC)ccc2N)CC1. The number of piperidine rings is 1. The van der Waals surface area contributed by atoms with Crippen LogP contribution in [0.4, 0.5) is 5.69 Å². The standard InChI is InChI=1S/C17H27N3O.C3H8/c1-3-9-20-10-7-14(8-11-20)19-17(21)15-12-13(4-2)5-6-16(15)18;1-3-2/h5-6,12,14H,3-4,7-11,18H2,1-2H3,(H,19,21);3H2,1-2H3. The molecule has 136 valence electrons. The van der Waals surface area contributed by atoms with E-state index in [-0.39, 0.29) is 11.9 Å². The molecule has 0 aliphatic carbocycles. The van der Waals surface area contributed by atoms with Crippen LogP contribution in [-0.4, -0.2) is 36.5 Å². The van der Waals surface area contributed by atoms with Crippen LogP contribution in [0.3, 0.4) is 0 Å². The van der Waals surface area contributed by atoms with E-state index < -0.39 is 0 Å². The summed E-state index contributed by atoms with van der Waals surface area (Å²) in [5.41, 5.74) is 8.27. The van der Waals surface area contributed by atoms with Crippen molar-refractivity contribution in [2.45, 2.75) is 65.8 Å². The zero-order valence-corrected chi connectivity index (χ0v) is 15.9. The Kier molecular flexibility index (Phi) is 9.46. The number of nitrogens with two attached hydrogens (primary N) is 1. The number of carbonyl (C=O) groups excluding carboxylic acids is 1. The Hall–Kier alpha value is -1.55. The van der Waals surface area contributed by atoms with Gasteiger partial charge >= 0.3 is 0 Å². The summed E-state index contributed by atoms with van der Waals surface area (Å²) < 4.78 is 0. The fraction of sp³-hybridized carbons (Fsp3) is 0.650. The monoisotopic (exact) mass is 333 g/mol. The Morgan fingerprint density at radius 2 is 1.83 bits per heavy atom. The summed E-state index contributed by atoms with van der Waals surface area (Å²) in [6, 6.07) is 6.00. The van der Waals surface area contributed by atoms with Gasteiger partial charge in [0, 0.05) is 24.8 Å². The van der Waals surface area contributed by atoms with Gasteiger partial charge in [0.25, 0.3) is 5.91 Å². The van der Waals surface area contributed by atoms with Crippen LogP contribution in [0.2, 0.25) is 0 Å². The Morgan fingerprint density at radius 1 is 1.21 bits per heavy atom. The molecule has 1 amide bonds. The molecule has 4 nitrogen and oxygen atoms in total. The molecule has 0 aromatic heterocycles. The average Bonchev–Trinajstić information content (AvgIpc) is 2.58. The molecule has 1 saturated heterocycles. The lowest BCUT2D eigenvalue weighted by Gasteiger charge is -2.32. The summed E-state index contributed by atoms with van der Waals surface area (Å²) in [6.45, 7) is 11.8. The highest BCUT2D eigenvalue weighted by Crippen LogP contribution is 2.17. The van der Waals surface area contributed by atoms with Crippen LogP contribution in [0.15, 0.2) is 18.2 Å². The van der Waals surface area contributed by atoms with E-state index in [1.165, 1.54) is 12.8 Å². The van der Waals surface area contributed by atoms with E-state index in [9.17, 15) is 4.79 Å². The number of hydrogen-bond donors (Lipinski definition) is 2. The minimum absolute atomic E-state index is 0.0308. The largest absolute Gasteiger partial charge is 0.398 e. The van der Waals surface area contributed by atoms with E-state index in [4.69, 9.17) is 5.73 Å². The zero-order valence-electron chi connectivity index (χ0n) is 15.9. The molecule has 4 heteroatoms. The Bertz CT molecular complexity index is 494. The molecule has 2 rings (SSSR count). The van der Waals surface area contributed by atoms with Gasteiger partial charge in [0.15, 0.2) is 0 Å². The molecule has 3 N–H and O–H groups in total. The van der Waals surface area contributed by atoms with E-state index in [1.54, 1.807) is 0 Å². The number of benzene rings is 1. The van der Waals surface area contributed by atoms with E-state index in [1.807, 2.05) is 18.2 Å². The van der Waals surface area contributed by atoms with Crippen LogP contribution in [0.5, 0.6) is 0 Å². The second-order valence-electron chi connectivity index (χ2n) is 6.57. The molecule has 1 aliphatic rings. The number of aryl methyl sites for hydroxylation is 1. The van der Waals surface area contributed by atoms with Crippen LogP contribution < -0.4 is 11.1 Å². The maximum absolute atomic E-state index is 12.4. The van der Waals surface area contributed by atoms with Crippen LogP contribution in [-0.2, 0) is 6.42 Å². The molecule has 0 spiro atoms. The van der Waals surface area contributed by atoms with E-state index >= 15 is 0 Å². The maximum Gasteiger partial charge on any atom is 0.253 e. The number of nitrogen functional groups attached to an aromatic ring is 1. The van der Waals surface area contributed by atoms with Gasteiger partial charge in [-0.2, -0.15) is 0 Å². The first-order valence-corrected chi connectivity index (χ1v) is 9.47. The summed E-state index contributed by atoms with van der Waals surface area (Å²) in [6.07, 6.45) is 5.41. The maximum atomic E-state index is 12.4. The van der Waals surface area contributed by atoms with Crippen molar-refractivity contribution in [3.05, 3.63) is 29.3 Å². The van der Waals surface area contributed by atoms with Crippen LogP contribution in [0, 0.1) is 0 Å². The van der Waals surface area contributed by atoms with Gasteiger partial charge < -0.3 is 16.0 Å². The lowest BCUT2D eigenvalue weighted by atomic mass is 10.0. The third-order valence-electron chi connectivity index (χ3n) is 4.23. The first-order valence-electron chi connectivity index (χ1n) is 9.47. The normalized spacial score (nSPS) is 15.5. The van der Waals surface area contributed by atoms with Gasteiger partial charge in [-0.3, -0.25) is 4.79 Å². The summed E-state index contributed by atoms with van der Waals surface area (Å²) in [5.74, 6) is -0.0308. The van der Waals surface area contributed by atoms with Gasteiger partial charge in [-0.15, -0.1) is 0 Å². The van der Waals surface area contributed by atoms with E-state index in [0.717, 1.165) is 44.5 Å². The molecule has 1 aliphatic heterocycles. The lowest BCUT2D eigenvalue weighted by Crippen LogP contribution is -2.44. The van der Waals surface area contributed by atoms with Gasteiger partial charge in [0.2, 0.25) is 0 Å². The first kappa shape index (κ1) is 20.5. The highest BCUT2D eigenvalue weighted by Gasteiger charge is 2.21. The predicted octanol–water partition coefficient (Wildman–Crippen LogP) is 3.85. The molecule has 0 radical (unpaired) electrons. The fourth-order valence-corrected chi connectivity index (χ4v) is 2.90. The van der Waals surface area contributed by atoms with E-state index in [0.29, 0.717) is 11.3 Å². The van der Waals surface area contributed by atoms with Crippen LogP contribution in [0.1, 0.15) is 69.3 Å². The highest BCUT2D eigenvalue weighted by atomic mass is 16.1. The van der Waals surface area contributed by atoms with Crippen molar-refractivity contribution in [1.29, 1.82) is 0 Å². The van der Waals surface area contributed by atoms with Crippen molar-refractivity contribution < 1.29 is 4.79 Å². The van der Waals surface area contributed by atoms with Gasteiger partial charge in [-0.25, -0.2) is 0 Å². The number of nitrogens with zero attached hydrogens (tertiary/aromatic N) is 1. The first-order chi connectivity index (χ1) is 11.5. The van der Waals surface area contributed by atoms with E-state index in [2.05, 4.69) is 37.9 Å². The van der Waals surface area contributed by atoms with Gasteiger partial charge in [0.05, 0.1) is 5.56 Å². The third-order valence-corrected chi connectivity index (χ3v) is 4.23. The van der Waals surface area contributed by atoms with Gasteiger partial charge in [-0.1, -0.05) is 40.2 Å². The number of amides is 1. The van der Waals surface area contributed by atoms with Crippen molar-refractivity contribution in [2.75, 3.05) is 25.4 Å². The molecular weight excluding hydrogens is 298 g/mol. The topological polar surface area (TPSA) is 58.4 Å². The van der Waals surface area contributed by atoms with Crippen molar-refractivity contribution in [2.24, 2.45) is 0 Å². The molecular formula is C20H35N3O. The summed E-state index contributed by atoms with van der Waals surface area (Å²) in [5, 5.41) is 3.14. The molecule has 1 heterocycles. The lowest BCUT2D eigenvalue weighted by molar-refractivity contribution is 0.0912. The highest BCUT2D eigenvalue weighted by molar-refractivity contribution is 5.99. The number of hydrogen-bond acceptors (Lipinski definition) is 3. The number of carbonyl (C=O) groups is 1. The second kappa shape index (κ2) is 11.1. The van der Waals surface area contributed by atoms with Gasteiger partial charge in [0.1, 0.15) is 0 Å². The Labute approximate surface area is 147 Å². The number of nitrogens with one attached hydrogen (secondary N) is 1. The molecule has 24 heavy (non-hydrogen) atoms. The van der Waals surface area contributed by atoms with Crippen molar-refractivity contribution in [3.8, 4) is 0 Å².